The molecule has 0 saturated carbocycles. The highest BCUT2D eigenvalue weighted by molar-refractivity contribution is 6.11. The molecule has 7 heavy (non-hydrogen) atoms. The molecule has 0 aliphatic rings. The Bertz CT molecular complexity index is 45.3. The lowest BCUT2D eigenvalue weighted by Gasteiger charge is -2.12. The van der Waals surface area contributed by atoms with Crippen molar-refractivity contribution in [1.29, 1.82) is 0 Å². The molecule has 2 radical (unpaired) electrons. The molecule has 0 fully saturated rings. The molecule has 0 bridgehead atoms. The van der Waals surface area contributed by atoms with Gasteiger partial charge < -0.3 is 4.74 Å². The number of hydrogen-bond acceptors (Lipinski definition) is 1. The van der Waals surface area contributed by atoms with Gasteiger partial charge in [-0.15, -0.1) is 0 Å². The summed E-state index contributed by atoms with van der Waals surface area (Å²) in [4.78, 5) is 0. The normalized spacial score (nSPS) is 14.9. The standard InChI is InChI=1S/C5H11BO/c1-4(2)5(6)7-3/h4-5H,1-3H3. The summed E-state index contributed by atoms with van der Waals surface area (Å²) in [7, 11) is 7.01. The minimum Gasteiger partial charge on any atom is -0.391 e. The van der Waals surface area contributed by atoms with Crippen LogP contribution in [0.25, 0.3) is 0 Å². The number of hydrogen-bond donors (Lipinski definition) is 0. The van der Waals surface area contributed by atoms with Gasteiger partial charge in [0.05, 0.1) is 0 Å². The van der Waals surface area contributed by atoms with E-state index in [-0.39, 0.29) is 6.00 Å². The van der Waals surface area contributed by atoms with Crippen molar-refractivity contribution in [2.24, 2.45) is 5.92 Å². The molecule has 0 N–H and O–H groups in total. The Morgan fingerprint density at radius 3 is 1.86 bits per heavy atom. The van der Waals surface area contributed by atoms with Crippen LogP contribution in [0.1, 0.15) is 13.8 Å². The summed E-state index contributed by atoms with van der Waals surface area (Å²) in [6, 6.07) is -0.0972. The molecule has 0 heterocycles. The van der Waals surface area contributed by atoms with E-state index >= 15 is 0 Å². The van der Waals surface area contributed by atoms with Crippen molar-refractivity contribution in [2.45, 2.75) is 19.9 Å². The molecule has 0 rings (SSSR count). The molecule has 1 nitrogen and oxygen atoms in total. The molecule has 0 aromatic heterocycles. The van der Waals surface area contributed by atoms with E-state index in [0.717, 1.165) is 0 Å². The first kappa shape index (κ1) is 7.02. The minimum atomic E-state index is -0.0972. The zero-order chi connectivity index (χ0) is 5.86. The van der Waals surface area contributed by atoms with E-state index in [0.29, 0.717) is 5.92 Å². The molecule has 0 spiro atoms. The van der Waals surface area contributed by atoms with Crippen LogP contribution in [0.3, 0.4) is 0 Å². The second kappa shape index (κ2) is 3.08. The van der Waals surface area contributed by atoms with Crippen molar-refractivity contribution in [2.75, 3.05) is 7.11 Å². The molecule has 2 heteroatoms. The van der Waals surface area contributed by atoms with Gasteiger partial charge in [-0.3, -0.25) is 0 Å². The molecule has 40 valence electrons. The first-order valence-electron chi connectivity index (χ1n) is 2.47. The van der Waals surface area contributed by atoms with Crippen LogP contribution in [-0.4, -0.2) is 21.0 Å². The first-order chi connectivity index (χ1) is 3.18. The van der Waals surface area contributed by atoms with Gasteiger partial charge >= 0.3 is 0 Å². The highest BCUT2D eigenvalue weighted by atomic mass is 16.5. The summed E-state index contributed by atoms with van der Waals surface area (Å²) >= 11 is 0. The average Bonchev–Trinajstić information content (AvgIpc) is 1.65. The number of methoxy groups -OCH3 is 1. The van der Waals surface area contributed by atoms with Crippen LogP contribution in [0.4, 0.5) is 0 Å². The predicted molar refractivity (Wildman–Crippen MR) is 31.4 cm³/mol. The van der Waals surface area contributed by atoms with Gasteiger partial charge in [-0.05, 0) is 5.92 Å². The maximum Gasteiger partial charge on any atom is 0.109 e. The smallest absolute Gasteiger partial charge is 0.109 e. The molecule has 0 aliphatic carbocycles. The van der Waals surface area contributed by atoms with E-state index in [9.17, 15) is 0 Å². The third-order valence-corrected chi connectivity index (χ3v) is 0.929. The van der Waals surface area contributed by atoms with Gasteiger partial charge in [-0.2, -0.15) is 0 Å². The topological polar surface area (TPSA) is 9.23 Å². The third kappa shape index (κ3) is 2.69. The highest BCUT2D eigenvalue weighted by Gasteiger charge is 2.01. The van der Waals surface area contributed by atoms with Crippen LogP contribution in [0.2, 0.25) is 0 Å². The van der Waals surface area contributed by atoms with Crippen molar-refractivity contribution < 1.29 is 4.74 Å². The quantitative estimate of drug-likeness (QED) is 0.464. The Hall–Kier alpha value is 0.0249. The van der Waals surface area contributed by atoms with Crippen LogP contribution >= 0.6 is 0 Å². The molecule has 0 amide bonds. The van der Waals surface area contributed by atoms with Gasteiger partial charge in [0, 0.05) is 13.1 Å². The fraction of sp³-hybridized carbons (Fsp3) is 1.00. The van der Waals surface area contributed by atoms with Gasteiger partial charge in [-0.1, -0.05) is 13.8 Å². The summed E-state index contributed by atoms with van der Waals surface area (Å²) in [5, 5.41) is 0. The van der Waals surface area contributed by atoms with Gasteiger partial charge in [0.1, 0.15) is 7.85 Å². The SMILES string of the molecule is [B]C(OC)C(C)C. The molecule has 0 aromatic rings. The minimum absolute atomic E-state index is 0.0972. The molecule has 1 unspecified atom stereocenters. The van der Waals surface area contributed by atoms with Crippen molar-refractivity contribution in [3.63, 3.8) is 0 Å². The second-order valence-electron chi connectivity index (χ2n) is 1.94. The van der Waals surface area contributed by atoms with Gasteiger partial charge in [0.2, 0.25) is 0 Å². The molecule has 0 aliphatic heterocycles. The van der Waals surface area contributed by atoms with E-state index in [1.54, 1.807) is 7.11 Å². The summed E-state index contributed by atoms with van der Waals surface area (Å²) in [6.07, 6.45) is 0. The fourth-order valence-corrected chi connectivity index (χ4v) is 0.272. The summed E-state index contributed by atoms with van der Waals surface area (Å²) in [5.41, 5.74) is 0. The lowest BCUT2D eigenvalue weighted by Crippen LogP contribution is -2.16. The number of rotatable bonds is 2. The Kier molecular flexibility index (Phi) is 3.09. The summed E-state index contributed by atoms with van der Waals surface area (Å²) in [6.45, 7) is 4.04. The Morgan fingerprint density at radius 1 is 1.43 bits per heavy atom. The zero-order valence-electron chi connectivity index (χ0n) is 5.14. The van der Waals surface area contributed by atoms with E-state index in [4.69, 9.17) is 12.6 Å². The Morgan fingerprint density at radius 2 is 1.86 bits per heavy atom. The zero-order valence-corrected chi connectivity index (χ0v) is 5.14. The molecular formula is C5H11BO. The maximum atomic E-state index is 5.39. The average molecular weight is 98.0 g/mol. The lowest BCUT2D eigenvalue weighted by atomic mass is 9.89. The summed E-state index contributed by atoms with van der Waals surface area (Å²) < 4.78 is 4.79. The van der Waals surface area contributed by atoms with Crippen molar-refractivity contribution in [1.82, 2.24) is 0 Å². The Labute approximate surface area is 46.5 Å². The molecule has 0 saturated heterocycles. The van der Waals surface area contributed by atoms with Crippen molar-refractivity contribution in [3.05, 3.63) is 0 Å². The van der Waals surface area contributed by atoms with Crippen LogP contribution in [0.15, 0.2) is 0 Å². The first-order valence-corrected chi connectivity index (χ1v) is 2.47. The predicted octanol–water partition coefficient (Wildman–Crippen LogP) is 0.783. The van der Waals surface area contributed by atoms with E-state index < -0.39 is 0 Å². The molecule has 0 aromatic carbocycles. The largest absolute Gasteiger partial charge is 0.391 e. The van der Waals surface area contributed by atoms with E-state index in [2.05, 4.69) is 0 Å². The Balaban J connectivity index is 3.14. The molecule has 1 atom stereocenters. The van der Waals surface area contributed by atoms with Crippen LogP contribution in [0.5, 0.6) is 0 Å². The van der Waals surface area contributed by atoms with Gasteiger partial charge in [-0.25, -0.2) is 0 Å². The highest BCUT2D eigenvalue weighted by Crippen LogP contribution is 1.98. The van der Waals surface area contributed by atoms with Crippen molar-refractivity contribution in [3.8, 4) is 0 Å². The fourth-order valence-electron chi connectivity index (χ4n) is 0.272. The molecular weight excluding hydrogens is 86.9 g/mol. The van der Waals surface area contributed by atoms with Crippen LogP contribution in [-0.2, 0) is 4.74 Å². The monoisotopic (exact) mass is 98.1 g/mol. The second-order valence-corrected chi connectivity index (χ2v) is 1.94. The van der Waals surface area contributed by atoms with Crippen LogP contribution in [0, 0.1) is 5.92 Å². The third-order valence-electron chi connectivity index (χ3n) is 0.929. The van der Waals surface area contributed by atoms with Gasteiger partial charge in [0.25, 0.3) is 0 Å². The summed E-state index contributed by atoms with van der Waals surface area (Å²) in [5.74, 6) is 0.421. The van der Waals surface area contributed by atoms with E-state index in [1.807, 2.05) is 13.8 Å². The van der Waals surface area contributed by atoms with Crippen LogP contribution < -0.4 is 0 Å². The van der Waals surface area contributed by atoms with Crippen molar-refractivity contribution >= 4 is 7.85 Å². The van der Waals surface area contributed by atoms with E-state index in [1.165, 1.54) is 0 Å². The maximum absolute atomic E-state index is 5.39. The lowest BCUT2D eigenvalue weighted by molar-refractivity contribution is 0.130. The van der Waals surface area contributed by atoms with Gasteiger partial charge in [0.15, 0.2) is 0 Å². The number of ether oxygens (including phenoxy) is 1.